The van der Waals surface area contributed by atoms with Gasteiger partial charge in [0.25, 0.3) is 0 Å². The van der Waals surface area contributed by atoms with Crippen molar-refractivity contribution in [1.82, 2.24) is 0 Å². The second-order valence-electron chi connectivity index (χ2n) is 5.74. The Morgan fingerprint density at radius 2 is 1.87 bits per heavy atom. The van der Waals surface area contributed by atoms with E-state index in [0.29, 0.717) is 11.3 Å². The van der Waals surface area contributed by atoms with Gasteiger partial charge >= 0.3 is 0 Å². The Balaban J connectivity index is 1.82. The van der Waals surface area contributed by atoms with Crippen molar-refractivity contribution in [3.05, 3.63) is 0 Å². The summed E-state index contributed by atoms with van der Waals surface area (Å²) >= 11 is 0. The number of amidine groups is 1. The van der Waals surface area contributed by atoms with Crippen LogP contribution in [0.5, 0.6) is 0 Å². The molecule has 2 nitrogen and oxygen atoms in total. The molecule has 2 aliphatic carbocycles. The molecule has 0 aromatic heterocycles. The number of aliphatic imine (C=N–C) groups is 1. The van der Waals surface area contributed by atoms with Crippen molar-refractivity contribution < 1.29 is 0 Å². The van der Waals surface area contributed by atoms with Crippen molar-refractivity contribution in [3.63, 3.8) is 0 Å². The quantitative estimate of drug-likeness (QED) is 0.561. The van der Waals surface area contributed by atoms with Crippen molar-refractivity contribution in [3.8, 4) is 0 Å². The first-order valence-corrected chi connectivity index (χ1v) is 6.49. The molecule has 0 heterocycles. The summed E-state index contributed by atoms with van der Waals surface area (Å²) in [5.74, 6) is 1.55. The average molecular weight is 208 g/mol. The molecule has 0 amide bonds. The first-order chi connectivity index (χ1) is 7.20. The molecular weight excluding hydrogens is 184 g/mol. The van der Waals surface area contributed by atoms with E-state index in [2.05, 4.69) is 11.9 Å². The maximum absolute atomic E-state index is 6.08. The zero-order valence-electron chi connectivity index (χ0n) is 9.97. The van der Waals surface area contributed by atoms with E-state index >= 15 is 0 Å². The number of hydrogen-bond acceptors (Lipinski definition) is 1. The molecule has 0 aliphatic heterocycles. The van der Waals surface area contributed by atoms with Crippen LogP contribution in [0.2, 0.25) is 0 Å². The van der Waals surface area contributed by atoms with Gasteiger partial charge in [0.2, 0.25) is 0 Å². The summed E-state index contributed by atoms with van der Waals surface area (Å²) in [6, 6.07) is 0. The van der Waals surface area contributed by atoms with Crippen molar-refractivity contribution in [2.45, 2.75) is 58.3 Å². The molecule has 86 valence electrons. The molecule has 15 heavy (non-hydrogen) atoms. The summed E-state index contributed by atoms with van der Waals surface area (Å²) in [7, 11) is 0. The lowest BCUT2D eigenvalue weighted by molar-refractivity contribution is 0.173. The fourth-order valence-corrected chi connectivity index (χ4v) is 2.75. The fourth-order valence-electron chi connectivity index (χ4n) is 2.75. The van der Waals surface area contributed by atoms with Gasteiger partial charge in [-0.2, -0.15) is 0 Å². The van der Waals surface area contributed by atoms with Crippen LogP contribution in [0.1, 0.15) is 58.3 Å². The second kappa shape index (κ2) is 4.54. The van der Waals surface area contributed by atoms with Gasteiger partial charge in [0.15, 0.2) is 0 Å². The van der Waals surface area contributed by atoms with Crippen molar-refractivity contribution in [2.75, 3.05) is 6.54 Å². The molecule has 0 radical (unpaired) electrons. The summed E-state index contributed by atoms with van der Waals surface area (Å²) in [4.78, 5) is 4.64. The molecule has 0 atom stereocenters. The van der Waals surface area contributed by atoms with Gasteiger partial charge < -0.3 is 5.73 Å². The third-order valence-electron chi connectivity index (χ3n) is 4.23. The summed E-state index contributed by atoms with van der Waals surface area (Å²) < 4.78 is 0. The minimum Gasteiger partial charge on any atom is -0.387 e. The minimum absolute atomic E-state index is 0.485. The molecule has 0 unspecified atom stereocenters. The zero-order valence-corrected chi connectivity index (χ0v) is 9.97. The number of nitrogens with zero attached hydrogens (tertiary/aromatic N) is 1. The monoisotopic (exact) mass is 208 g/mol. The van der Waals surface area contributed by atoms with Gasteiger partial charge in [-0.3, -0.25) is 4.99 Å². The van der Waals surface area contributed by atoms with Crippen LogP contribution in [0, 0.1) is 11.3 Å². The molecule has 0 spiro atoms. The van der Waals surface area contributed by atoms with Crippen LogP contribution in [0.25, 0.3) is 0 Å². The van der Waals surface area contributed by atoms with Crippen molar-refractivity contribution in [1.29, 1.82) is 0 Å². The third-order valence-corrected chi connectivity index (χ3v) is 4.23. The standard InChI is InChI=1S/C13H24N2/c1-13(8-5-9-13)10-15-12(14)11-6-3-2-4-7-11/h11H,2-10H2,1H3,(H2,14,15). The fraction of sp³-hybridized carbons (Fsp3) is 0.923. The van der Waals surface area contributed by atoms with Crippen LogP contribution in [0.3, 0.4) is 0 Å². The van der Waals surface area contributed by atoms with E-state index < -0.39 is 0 Å². The molecule has 2 saturated carbocycles. The van der Waals surface area contributed by atoms with E-state index in [-0.39, 0.29) is 0 Å². The molecule has 2 rings (SSSR count). The summed E-state index contributed by atoms with van der Waals surface area (Å²) in [5, 5.41) is 0. The van der Waals surface area contributed by atoms with E-state index in [1.54, 1.807) is 0 Å². The SMILES string of the molecule is CC1(CN=C(N)C2CCCCC2)CCC1. The molecule has 0 aromatic rings. The van der Waals surface area contributed by atoms with Crippen LogP contribution >= 0.6 is 0 Å². The molecule has 2 aliphatic rings. The van der Waals surface area contributed by atoms with E-state index in [1.807, 2.05) is 0 Å². The normalized spacial score (nSPS) is 27.4. The molecule has 2 fully saturated rings. The molecular formula is C13H24N2. The van der Waals surface area contributed by atoms with Gasteiger partial charge in [0.1, 0.15) is 0 Å². The summed E-state index contributed by atoms with van der Waals surface area (Å²) in [6.45, 7) is 3.31. The Bertz CT molecular complexity index is 235. The van der Waals surface area contributed by atoms with Gasteiger partial charge in [-0.05, 0) is 31.1 Å². The average Bonchev–Trinajstić information content (AvgIpc) is 2.24. The van der Waals surface area contributed by atoms with Crippen molar-refractivity contribution in [2.24, 2.45) is 22.1 Å². The molecule has 0 aromatic carbocycles. The topological polar surface area (TPSA) is 38.4 Å². The van der Waals surface area contributed by atoms with Crippen LogP contribution in [0.4, 0.5) is 0 Å². The Kier molecular flexibility index (Phi) is 3.32. The highest BCUT2D eigenvalue weighted by Gasteiger charge is 2.31. The highest BCUT2D eigenvalue weighted by Crippen LogP contribution is 2.40. The number of rotatable bonds is 3. The van der Waals surface area contributed by atoms with Crippen LogP contribution in [-0.4, -0.2) is 12.4 Å². The van der Waals surface area contributed by atoms with Gasteiger partial charge in [0, 0.05) is 12.5 Å². The maximum Gasteiger partial charge on any atom is 0.0968 e. The van der Waals surface area contributed by atoms with Crippen LogP contribution in [0.15, 0.2) is 4.99 Å². The third kappa shape index (κ3) is 2.73. The second-order valence-corrected chi connectivity index (χ2v) is 5.74. The largest absolute Gasteiger partial charge is 0.387 e. The Morgan fingerprint density at radius 3 is 2.40 bits per heavy atom. The smallest absolute Gasteiger partial charge is 0.0968 e. The van der Waals surface area contributed by atoms with E-state index in [4.69, 9.17) is 5.73 Å². The molecule has 2 heteroatoms. The first kappa shape index (κ1) is 11.0. The minimum atomic E-state index is 0.485. The molecule has 2 N–H and O–H groups in total. The van der Waals surface area contributed by atoms with Gasteiger partial charge in [-0.25, -0.2) is 0 Å². The van der Waals surface area contributed by atoms with Gasteiger partial charge in [0.05, 0.1) is 5.84 Å². The van der Waals surface area contributed by atoms with E-state index in [0.717, 1.165) is 12.4 Å². The Labute approximate surface area is 93.3 Å². The Morgan fingerprint density at radius 1 is 1.20 bits per heavy atom. The molecule has 0 bridgehead atoms. The van der Waals surface area contributed by atoms with Crippen molar-refractivity contribution >= 4 is 5.84 Å². The highest BCUT2D eigenvalue weighted by atomic mass is 14.9. The lowest BCUT2D eigenvalue weighted by Crippen LogP contribution is -2.32. The number of nitrogens with two attached hydrogens (primary N) is 1. The van der Waals surface area contributed by atoms with Gasteiger partial charge in [-0.1, -0.05) is 32.6 Å². The molecule has 0 saturated heterocycles. The maximum atomic E-state index is 6.08. The van der Waals surface area contributed by atoms with Crippen LogP contribution < -0.4 is 5.73 Å². The summed E-state index contributed by atoms with van der Waals surface area (Å²) in [6.07, 6.45) is 10.7. The van der Waals surface area contributed by atoms with E-state index in [1.165, 1.54) is 51.4 Å². The van der Waals surface area contributed by atoms with Gasteiger partial charge in [-0.15, -0.1) is 0 Å². The predicted molar refractivity (Wildman–Crippen MR) is 65.0 cm³/mol. The summed E-state index contributed by atoms with van der Waals surface area (Å²) in [5.41, 5.74) is 6.57. The van der Waals surface area contributed by atoms with E-state index in [9.17, 15) is 0 Å². The van der Waals surface area contributed by atoms with Crippen LogP contribution in [-0.2, 0) is 0 Å². The number of hydrogen-bond donors (Lipinski definition) is 1. The highest BCUT2D eigenvalue weighted by molar-refractivity contribution is 5.82. The predicted octanol–water partition coefficient (Wildman–Crippen LogP) is 3.11. The Hall–Kier alpha value is -0.530. The zero-order chi connectivity index (χ0) is 10.7. The lowest BCUT2D eigenvalue weighted by atomic mass is 9.70. The lowest BCUT2D eigenvalue weighted by Gasteiger charge is -2.37. The first-order valence-electron chi connectivity index (χ1n) is 6.49.